The summed E-state index contributed by atoms with van der Waals surface area (Å²) in [4.78, 5) is 0. The van der Waals surface area contributed by atoms with E-state index < -0.39 is 0 Å². The second kappa shape index (κ2) is 4.18. The van der Waals surface area contributed by atoms with E-state index in [1.54, 1.807) is 0 Å². The fourth-order valence-corrected chi connectivity index (χ4v) is 2.97. The molecule has 0 amide bonds. The molecule has 0 unspecified atom stereocenters. The number of hydrogen-bond donors (Lipinski definition) is 0. The molecule has 0 aliphatic heterocycles. The second-order valence-corrected chi connectivity index (χ2v) is 5.32. The maximum atomic E-state index is 4.32. The molecule has 0 aliphatic carbocycles. The Bertz CT molecular complexity index is 1090. The smallest absolute Gasteiger partial charge is 0.0958 e. The van der Waals surface area contributed by atoms with Gasteiger partial charge in [0, 0.05) is 21.5 Å². The normalized spacial score (nSPS) is 11.6. The summed E-state index contributed by atoms with van der Waals surface area (Å²) in [6.07, 6.45) is 0. The van der Waals surface area contributed by atoms with Gasteiger partial charge in [0.1, 0.15) is 0 Å². The van der Waals surface area contributed by atoms with Gasteiger partial charge in [-0.15, -0.1) is 20.4 Å². The van der Waals surface area contributed by atoms with Gasteiger partial charge in [-0.2, -0.15) is 0 Å². The molecular weight excluding hydrogens is 272 g/mol. The molecule has 2 heterocycles. The number of fused-ring (bicyclic) bond motifs is 6. The van der Waals surface area contributed by atoms with Crippen LogP contribution in [0.15, 0.2) is 60.7 Å². The summed E-state index contributed by atoms with van der Waals surface area (Å²) in [5.41, 5.74) is 3.49. The molecule has 102 valence electrons. The summed E-state index contributed by atoms with van der Waals surface area (Å²) in [7, 11) is 0. The molecule has 0 spiro atoms. The quantitative estimate of drug-likeness (QED) is 0.319. The maximum absolute atomic E-state index is 4.32. The molecular formula is C18H10N4. The van der Waals surface area contributed by atoms with Gasteiger partial charge in [0.25, 0.3) is 0 Å². The molecule has 0 aliphatic rings. The minimum atomic E-state index is 0.843. The van der Waals surface area contributed by atoms with Crippen LogP contribution in [0.25, 0.3) is 43.6 Å². The van der Waals surface area contributed by atoms with Gasteiger partial charge >= 0.3 is 0 Å². The van der Waals surface area contributed by atoms with Gasteiger partial charge in [-0.05, 0) is 24.3 Å². The van der Waals surface area contributed by atoms with Gasteiger partial charge in [-0.25, -0.2) is 0 Å². The number of aromatic nitrogens is 4. The minimum Gasteiger partial charge on any atom is -0.150 e. The molecule has 4 heteroatoms. The molecule has 0 N–H and O–H groups in total. The Balaban J connectivity index is 2.05. The van der Waals surface area contributed by atoms with Crippen molar-refractivity contribution in [2.75, 3.05) is 0 Å². The molecule has 0 saturated heterocycles. The van der Waals surface area contributed by atoms with Crippen molar-refractivity contribution in [2.45, 2.75) is 0 Å². The molecule has 22 heavy (non-hydrogen) atoms. The predicted molar refractivity (Wildman–Crippen MR) is 87.6 cm³/mol. The molecule has 5 aromatic rings. The molecule has 0 radical (unpaired) electrons. The van der Waals surface area contributed by atoms with Crippen LogP contribution in [0.3, 0.4) is 0 Å². The lowest BCUT2D eigenvalue weighted by molar-refractivity contribution is 1.11. The first-order valence-corrected chi connectivity index (χ1v) is 7.10. The summed E-state index contributed by atoms with van der Waals surface area (Å²) >= 11 is 0. The highest BCUT2D eigenvalue weighted by Gasteiger charge is 2.08. The second-order valence-electron chi connectivity index (χ2n) is 5.32. The van der Waals surface area contributed by atoms with Gasteiger partial charge in [-0.3, -0.25) is 0 Å². The third-order valence-corrected chi connectivity index (χ3v) is 4.03. The monoisotopic (exact) mass is 282 g/mol. The zero-order valence-corrected chi connectivity index (χ0v) is 11.6. The van der Waals surface area contributed by atoms with Crippen LogP contribution in [0.5, 0.6) is 0 Å². The first-order valence-electron chi connectivity index (χ1n) is 7.10. The molecule has 0 saturated carbocycles. The van der Waals surface area contributed by atoms with E-state index in [4.69, 9.17) is 0 Å². The van der Waals surface area contributed by atoms with Crippen molar-refractivity contribution in [3.8, 4) is 0 Å². The van der Waals surface area contributed by atoms with Crippen molar-refractivity contribution >= 4 is 43.6 Å². The van der Waals surface area contributed by atoms with E-state index in [1.165, 1.54) is 0 Å². The van der Waals surface area contributed by atoms with Gasteiger partial charge in [0.2, 0.25) is 0 Å². The Labute approximate surface area is 125 Å². The van der Waals surface area contributed by atoms with Crippen molar-refractivity contribution < 1.29 is 0 Å². The summed E-state index contributed by atoms with van der Waals surface area (Å²) < 4.78 is 0. The number of benzene rings is 3. The van der Waals surface area contributed by atoms with E-state index in [0.717, 1.165) is 43.6 Å². The fraction of sp³-hybridized carbons (Fsp3) is 0. The molecule has 3 aromatic carbocycles. The molecule has 4 nitrogen and oxygen atoms in total. The van der Waals surface area contributed by atoms with Crippen LogP contribution in [0.2, 0.25) is 0 Å². The topological polar surface area (TPSA) is 51.6 Å². The Morgan fingerprint density at radius 2 is 0.864 bits per heavy atom. The average Bonchev–Trinajstić information content (AvgIpc) is 2.60. The van der Waals surface area contributed by atoms with Gasteiger partial charge in [0.15, 0.2) is 0 Å². The predicted octanol–water partition coefficient (Wildman–Crippen LogP) is 3.88. The van der Waals surface area contributed by atoms with Crippen molar-refractivity contribution in [3.63, 3.8) is 0 Å². The van der Waals surface area contributed by atoms with E-state index >= 15 is 0 Å². The molecule has 0 atom stereocenters. The van der Waals surface area contributed by atoms with E-state index in [9.17, 15) is 0 Å². The largest absolute Gasteiger partial charge is 0.150 e. The van der Waals surface area contributed by atoms with Gasteiger partial charge in [-0.1, -0.05) is 36.4 Å². The molecule has 0 bridgehead atoms. The van der Waals surface area contributed by atoms with Crippen LogP contribution in [0.1, 0.15) is 0 Å². The Morgan fingerprint density at radius 3 is 1.41 bits per heavy atom. The fourth-order valence-electron chi connectivity index (χ4n) is 2.97. The molecule has 5 rings (SSSR count). The van der Waals surface area contributed by atoms with Gasteiger partial charge in [0.05, 0.1) is 22.1 Å². The van der Waals surface area contributed by atoms with Crippen LogP contribution >= 0.6 is 0 Å². The Hall–Kier alpha value is -3.14. The highest BCUT2D eigenvalue weighted by Crippen LogP contribution is 2.29. The zero-order chi connectivity index (χ0) is 14.5. The minimum absolute atomic E-state index is 0.843. The lowest BCUT2D eigenvalue weighted by Gasteiger charge is -2.06. The van der Waals surface area contributed by atoms with Gasteiger partial charge < -0.3 is 0 Å². The average molecular weight is 282 g/mol. The van der Waals surface area contributed by atoms with E-state index in [1.807, 2.05) is 42.5 Å². The number of hydrogen-bond acceptors (Lipinski definition) is 4. The summed E-state index contributed by atoms with van der Waals surface area (Å²) in [5.74, 6) is 0. The van der Waals surface area contributed by atoms with E-state index in [-0.39, 0.29) is 0 Å². The summed E-state index contributed by atoms with van der Waals surface area (Å²) in [5, 5.41) is 21.6. The lowest BCUT2D eigenvalue weighted by atomic mass is 10.0. The third-order valence-electron chi connectivity index (χ3n) is 4.03. The SMILES string of the molecule is c1ccc2c(c1)nnc1cc3nnc4ccccc4c3cc12. The highest BCUT2D eigenvalue weighted by atomic mass is 15.1. The van der Waals surface area contributed by atoms with Crippen molar-refractivity contribution in [2.24, 2.45) is 0 Å². The standard InChI is InChI=1S/C18H10N4/c1-3-7-15-11(5-1)13-9-14-12-6-2-4-8-16(12)20-22-18(14)10-17(13)21-19-15/h1-10H. The maximum Gasteiger partial charge on any atom is 0.0958 e. The van der Waals surface area contributed by atoms with Crippen LogP contribution in [-0.2, 0) is 0 Å². The first-order chi connectivity index (χ1) is 10.9. The van der Waals surface area contributed by atoms with E-state index in [0.29, 0.717) is 0 Å². The molecule has 2 aromatic heterocycles. The lowest BCUT2D eigenvalue weighted by Crippen LogP contribution is -1.91. The first kappa shape index (κ1) is 11.5. The van der Waals surface area contributed by atoms with E-state index in [2.05, 4.69) is 38.6 Å². The van der Waals surface area contributed by atoms with Crippen molar-refractivity contribution in [1.29, 1.82) is 0 Å². The zero-order valence-electron chi connectivity index (χ0n) is 11.6. The van der Waals surface area contributed by atoms with Crippen LogP contribution in [0, 0.1) is 0 Å². The summed E-state index contributed by atoms with van der Waals surface area (Å²) in [6.45, 7) is 0. The highest BCUT2D eigenvalue weighted by molar-refractivity contribution is 6.13. The summed E-state index contributed by atoms with van der Waals surface area (Å²) in [6, 6.07) is 20.2. The van der Waals surface area contributed by atoms with Crippen LogP contribution < -0.4 is 0 Å². The van der Waals surface area contributed by atoms with Crippen molar-refractivity contribution in [3.05, 3.63) is 60.7 Å². The number of nitrogens with zero attached hydrogens (tertiary/aromatic N) is 4. The third kappa shape index (κ3) is 1.52. The van der Waals surface area contributed by atoms with Crippen LogP contribution in [-0.4, -0.2) is 20.4 Å². The Morgan fingerprint density at radius 1 is 0.409 bits per heavy atom. The van der Waals surface area contributed by atoms with Crippen molar-refractivity contribution in [1.82, 2.24) is 20.4 Å². The number of rotatable bonds is 0. The van der Waals surface area contributed by atoms with Crippen LogP contribution in [0.4, 0.5) is 0 Å². The Kier molecular flexibility index (Phi) is 2.19. The molecule has 0 fully saturated rings.